The molecule has 0 aliphatic carbocycles. The smallest absolute Gasteiger partial charge is 0.0947 e. The molecule has 2 rings (SSSR count). The minimum absolute atomic E-state index is 0.826. The van der Waals surface area contributed by atoms with Crippen molar-refractivity contribution in [2.45, 2.75) is 13.0 Å². The van der Waals surface area contributed by atoms with Crippen LogP contribution in [0.2, 0.25) is 0 Å². The van der Waals surface area contributed by atoms with Gasteiger partial charge in [-0.05, 0) is 38.5 Å². The van der Waals surface area contributed by atoms with Crippen molar-refractivity contribution < 1.29 is 4.42 Å². The quantitative estimate of drug-likeness (QED) is 0.783. The summed E-state index contributed by atoms with van der Waals surface area (Å²) >= 11 is 0. The maximum absolute atomic E-state index is 5.06. The molecule has 3 heteroatoms. The van der Waals surface area contributed by atoms with Gasteiger partial charge in [0.25, 0.3) is 0 Å². The molecule has 0 saturated carbocycles. The van der Waals surface area contributed by atoms with Crippen LogP contribution in [-0.2, 0) is 6.54 Å². The maximum Gasteiger partial charge on any atom is 0.0947 e. The Morgan fingerprint density at radius 2 is 2.57 bits per heavy atom. The lowest BCUT2D eigenvalue weighted by Crippen LogP contribution is -2.24. The topological polar surface area (TPSA) is 28.4 Å². The summed E-state index contributed by atoms with van der Waals surface area (Å²) < 4.78 is 5.06. The van der Waals surface area contributed by atoms with Crippen molar-refractivity contribution in [2.75, 3.05) is 26.7 Å². The minimum atomic E-state index is 0.826. The molecule has 1 aromatic heterocycles. The minimum Gasteiger partial charge on any atom is -0.472 e. The van der Waals surface area contributed by atoms with Crippen LogP contribution in [0.25, 0.3) is 0 Å². The Morgan fingerprint density at radius 1 is 1.64 bits per heavy atom. The first-order chi connectivity index (χ1) is 6.88. The predicted molar refractivity (Wildman–Crippen MR) is 56.0 cm³/mol. The Labute approximate surface area is 85.1 Å². The van der Waals surface area contributed by atoms with Crippen LogP contribution in [0.4, 0.5) is 0 Å². The van der Waals surface area contributed by atoms with E-state index in [9.17, 15) is 0 Å². The van der Waals surface area contributed by atoms with Gasteiger partial charge in [0.15, 0.2) is 0 Å². The van der Waals surface area contributed by atoms with Crippen LogP contribution < -0.4 is 5.32 Å². The Kier molecular flexibility index (Phi) is 3.22. The van der Waals surface area contributed by atoms with E-state index in [1.54, 1.807) is 6.26 Å². The van der Waals surface area contributed by atoms with E-state index in [-0.39, 0.29) is 0 Å². The van der Waals surface area contributed by atoms with Gasteiger partial charge in [0.05, 0.1) is 12.5 Å². The van der Waals surface area contributed by atoms with Crippen LogP contribution >= 0.6 is 0 Å². The van der Waals surface area contributed by atoms with Crippen LogP contribution in [0.5, 0.6) is 0 Å². The Bertz CT molecular complexity index is 258. The van der Waals surface area contributed by atoms with Gasteiger partial charge in [-0.15, -0.1) is 0 Å². The normalized spacial score (nSPS) is 23.1. The maximum atomic E-state index is 5.06. The lowest BCUT2D eigenvalue weighted by atomic mass is 10.1. The van der Waals surface area contributed by atoms with E-state index in [1.807, 2.05) is 19.4 Å². The predicted octanol–water partition coefficient (Wildman–Crippen LogP) is 1.32. The molecule has 0 aromatic carbocycles. The molecule has 1 aromatic rings. The van der Waals surface area contributed by atoms with Gasteiger partial charge >= 0.3 is 0 Å². The summed E-state index contributed by atoms with van der Waals surface area (Å²) in [6.45, 7) is 4.61. The lowest BCUT2D eigenvalue weighted by Gasteiger charge is -2.14. The average molecular weight is 194 g/mol. The fourth-order valence-corrected chi connectivity index (χ4v) is 2.15. The second-order valence-corrected chi connectivity index (χ2v) is 4.08. The lowest BCUT2D eigenvalue weighted by molar-refractivity contribution is 0.314. The van der Waals surface area contributed by atoms with Crippen molar-refractivity contribution in [2.24, 2.45) is 5.92 Å². The zero-order chi connectivity index (χ0) is 9.80. The molecule has 1 aliphatic rings. The molecule has 0 bridgehead atoms. The fraction of sp³-hybridized carbons (Fsp3) is 0.636. The summed E-state index contributed by atoms with van der Waals surface area (Å²) in [4.78, 5) is 2.49. The van der Waals surface area contributed by atoms with Crippen molar-refractivity contribution in [3.05, 3.63) is 24.2 Å². The molecule has 78 valence electrons. The number of nitrogens with one attached hydrogen (secondary N) is 1. The molecule has 0 radical (unpaired) electrons. The molecule has 1 aliphatic heterocycles. The van der Waals surface area contributed by atoms with Gasteiger partial charge < -0.3 is 9.73 Å². The second kappa shape index (κ2) is 4.62. The first-order valence-corrected chi connectivity index (χ1v) is 5.26. The van der Waals surface area contributed by atoms with Gasteiger partial charge in [0.1, 0.15) is 0 Å². The summed E-state index contributed by atoms with van der Waals surface area (Å²) in [6.07, 6.45) is 4.90. The van der Waals surface area contributed by atoms with E-state index in [0.29, 0.717) is 0 Å². The molecule has 1 fully saturated rings. The van der Waals surface area contributed by atoms with Crippen molar-refractivity contribution in [1.29, 1.82) is 0 Å². The van der Waals surface area contributed by atoms with Crippen molar-refractivity contribution >= 4 is 0 Å². The Balaban J connectivity index is 1.79. The van der Waals surface area contributed by atoms with Crippen molar-refractivity contribution in [1.82, 2.24) is 10.2 Å². The second-order valence-electron chi connectivity index (χ2n) is 4.08. The first kappa shape index (κ1) is 9.74. The molecule has 3 nitrogen and oxygen atoms in total. The highest BCUT2D eigenvalue weighted by molar-refractivity contribution is 5.05. The zero-order valence-corrected chi connectivity index (χ0v) is 8.70. The van der Waals surface area contributed by atoms with Gasteiger partial charge in [-0.3, -0.25) is 4.90 Å². The highest BCUT2D eigenvalue weighted by Crippen LogP contribution is 2.17. The summed E-state index contributed by atoms with van der Waals surface area (Å²) in [5.41, 5.74) is 1.29. The summed E-state index contributed by atoms with van der Waals surface area (Å²) in [6, 6.07) is 2.05. The number of hydrogen-bond acceptors (Lipinski definition) is 3. The fourth-order valence-electron chi connectivity index (χ4n) is 2.15. The number of furan rings is 1. The van der Waals surface area contributed by atoms with Crippen LogP contribution in [0.3, 0.4) is 0 Å². The molecule has 1 saturated heterocycles. The molecule has 0 amide bonds. The highest BCUT2D eigenvalue weighted by Gasteiger charge is 2.21. The van der Waals surface area contributed by atoms with E-state index in [1.165, 1.54) is 25.1 Å². The van der Waals surface area contributed by atoms with E-state index >= 15 is 0 Å². The third kappa shape index (κ3) is 2.36. The third-order valence-electron chi connectivity index (χ3n) is 2.85. The molecular weight excluding hydrogens is 176 g/mol. The standard InChI is InChI=1S/C11H18N2O/c1-12-6-10-2-4-13(7-10)8-11-3-5-14-9-11/h3,5,9-10,12H,2,4,6-8H2,1H3. The van der Waals surface area contributed by atoms with Crippen LogP contribution in [-0.4, -0.2) is 31.6 Å². The largest absolute Gasteiger partial charge is 0.472 e. The van der Waals surface area contributed by atoms with Gasteiger partial charge in [0.2, 0.25) is 0 Å². The van der Waals surface area contributed by atoms with Gasteiger partial charge in [-0.1, -0.05) is 0 Å². The summed E-state index contributed by atoms with van der Waals surface area (Å²) in [7, 11) is 2.03. The molecule has 0 spiro atoms. The molecule has 2 heterocycles. The summed E-state index contributed by atoms with van der Waals surface area (Å²) in [5, 5.41) is 3.24. The molecule has 1 atom stereocenters. The van der Waals surface area contributed by atoms with Crippen molar-refractivity contribution in [3.8, 4) is 0 Å². The average Bonchev–Trinajstić information content (AvgIpc) is 2.79. The van der Waals surface area contributed by atoms with Gasteiger partial charge in [-0.25, -0.2) is 0 Å². The molecule has 14 heavy (non-hydrogen) atoms. The highest BCUT2D eigenvalue weighted by atomic mass is 16.3. The number of nitrogens with zero attached hydrogens (tertiary/aromatic N) is 1. The third-order valence-corrected chi connectivity index (χ3v) is 2.85. The SMILES string of the molecule is CNCC1CCN(Cc2ccoc2)C1. The van der Waals surface area contributed by atoms with Crippen LogP contribution in [0, 0.1) is 5.92 Å². The number of rotatable bonds is 4. The van der Waals surface area contributed by atoms with Crippen molar-refractivity contribution in [3.63, 3.8) is 0 Å². The van der Waals surface area contributed by atoms with E-state index in [0.717, 1.165) is 19.0 Å². The number of hydrogen-bond donors (Lipinski definition) is 1. The zero-order valence-electron chi connectivity index (χ0n) is 8.70. The first-order valence-electron chi connectivity index (χ1n) is 5.26. The Hall–Kier alpha value is -0.800. The van der Waals surface area contributed by atoms with Crippen LogP contribution in [0.15, 0.2) is 23.0 Å². The molecule has 1 unspecified atom stereocenters. The number of likely N-dealkylation sites (tertiary alicyclic amines) is 1. The van der Waals surface area contributed by atoms with Gasteiger partial charge in [-0.2, -0.15) is 0 Å². The monoisotopic (exact) mass is 194 g/mol. The van der Waals surface area contributed by atoms with E-state index in [2.05, 4.69) is 10.2 Å². The van der Waals surface area contributed by atoms with Gasteiger partial charge in [0, 0.05) is 18.7 Å². The van der Waals surface area contributed by atoms with E-state index in [4.69, 9.17) is 4.42 Å². The van der Waals surface area contributed by atoms with E-state index < -0.39 is 0 Å². The molecular formula is C11H18N2O. The molecule has 1 N–H and O–H groups in total. The Morgan fingerprint density at radius 3 is 3.29 bits per heavy atom. The van der Waals surface area contributed by atoms with Crippen LogP contribution in [0.1, 0.15) is 12.0 Å². The summed E-state index contributed by atoms with van der Waals surface area (Å²) in [5.74, 6) is 0.826.